The first-order valence-corrected chi connectivity index (χ1v) is 4.78. The fraction of sp³-hybridized carbons (Fsp3) is 1.00. The molecule has 0 bridgehead atoms. The molecule has 0 radical (unpaired) electrons. The summed E-state index contributed by atoms with van der Waals surface area (Å²) in [5, 5.41) is 0. The Morgan fingerprint density at radius 2 is 1.71 bits per heavy atom. The fourth-order valence-electron chi connectivity index (χ4n) is 0. The molecule has 40 valence electrons. The van der Waals surface area contributed by atoms with Gasteiger partial charge in [-0.25, -0.2) is 0 Å². The van der Waals surface area contributed by atoms with Crippen LogP contribution >= 0.6 is 8.25 Å². The van der Waals surface area contributed by atoms with Gasteiger partial charge >= 0.3 is 46.8 Å². The molecule has 0 aromatic carbocycles. The zero-order valence-electron chi connectivity index (χ0n) is 4.51. The van der Waals surface area contributed by atoms with Gasteiger partial charge in [0.05, 0.1) is 0 Å². The Morgan fingerprint density at radius 3 is 1.71 bits per heavy atom. The molecule has 0 saturated heterocycles. The molecule has 0 atom stereocenters. The maximum Gasteiger partial charge on any atom is 0.314 e. The van der Waals surface area contributed by atoms with Crippen molar-refractivity contribution in [2.75, 3.05) is 0 Å². The van der Waals surface area contributed by atoms with E-state index in [1.807, 2.05) is 0 Å². The molecule has 0 rings (SSSR count). The van der Waals surface area contributed by atoms with Crippen LogP contribution in [0.25, 0.3) is 0 Å². The molecule has 5 heteroatoms. The standard InChI is InChI=1S/C2H5.Na.H3O3P/c1-2;;1-4(2)3/h1H2,2H3;;4H,(H2,1,2,3). The van der Waals surface area contributed by atoms with Gasteiger partial charge in [-0.2, -0.15) is 0 Å². The van der Waals surface area contributed by atoms with Crippen LogP contribution in [0.1, 0.15) is 6.92 Å². The first kappa shape index (κ1) is 11.0. The minimum absolute atomic E-state index is 1.37. The van der Waals surface area contributed by atoms with E-state index in [-0.39, 0.29) is 0 Å². The zero-order chi connectivity index (χ0) is 6.28. The van der Waals surface area contributed by atoms with Gasteiger partial charge in [0.1, 0.15) is 0 Å². The van der Waals surface area contributed by atoms with E-state index >= 15 is 0 Å². The van der Waals surface area contributed by atoms with Crippen LogP contribution in [0.3, 0.4) is 0 Å². The molecule has 0 aliphatic heterocycles. The summed E-state index contributed by atoms with van der Waals surface area (Å²) < 4.78 is 10.1. The van der Waals surface area contributed by atoms with E-state index in [0.29, 0.717) is 0 Å². The van der Waals surface area contributed by atoms with Crippen molar-refractivity contribution in [2.45, 2.75) is 10.6 Å². The van der Waals surface area contributed by atoms with Crippen LogP contribution in [0.5, 0.6) is 0 Å². The molecule has 0 aliphatic carbocycles. The Kier molecular flexibility index (Phi) is 16.0. The van der Waals surface area contributed by atoms with Crippen molar-refractivity contribution in [3.05, 3.63) is 0 Å². The van der Waals surface area contributed by atoms with E-state index in [1.54, 1.807) is 0 Å². The SMILES string of the molecule is C[CH2][Na].O=[PH](O)O. The molecule has 7 heavy (non-hydrogen) atoms. The topological polar surface area (TPSA) is 57.5 Å². The molecule has 0 fully saturated rings. The van der Waals surface area contributed by atoms with E-state index < -0.39 is 8.25 Å². The molecule has 0 aromatic rings. The van der Waals surface area contributed by atoms with Gasteiger partial charge in [0.2, 0.25) is 0 Å². The van der Waals surface area contributed by atoms with Gasteiger partial charge in [0.25, 0.3) is 0 Å². The molecular weight excluding hydrogens is 126 g/mol. The van der Waals surface area contributed by atoms with Gasteiger partial charge in [-0.15, -0.1) is 0 Å². The predicted octanol–water partition coefficient (Wildman–Crippen LogP) is -0.0462. The fourth-order valence-corrected chi connectivity index (χ4v) is 0. The van der Waals surface area contributed by atoms with Crippen LogP contribution < -0.4 is 0 Å². The van der Waals surface area contributed by atoms with Gasteiger partial charge in [-0.05, 0) is 0 Å². The first-order chi connectivity index (χ1) is 3.15. The number of hydrogen-bond acceptors (Lipinski definition) is 1. The van der Waals surface area contributed by atoms with Crippen molar-refractivity contribution in [3.8, 4) is 0 Å². The summed E-state index contributed by atoms with van der Waals surface area (Å²) in [6.07, 6.45) is 0. The van der Waals surface area contributed by atoms with E-state index in [2.05, 4.69) is 6.92 Å². The van der Waals surface area contributed by atoms with Gasteiger partial charge in [0.15, 0.2) is 0 Å². The summed E-state index contributed by atoms with van der Waals surface area (Å²) >= 11 is 1.37. The Hall–Kier alpha value is 1.15. The molecule has 0 aliphatic rings. The molecule has 0 aromatic heterocycles. The van der Waals surface area contributed by atoms with E-state index in [9.17, 15) is 0 Å². The second kappa shape index (κ2) is 10.2. The molecule has 0 saturated carbocycles. The summed E-state index contributed by atoms with van der Waals surface area (Å²) in [5.41, 5.74) is 0. The zero-order valence-corrected chi connectivity index (χ0v) is 7.51. The molecule has 0 amide bonds. The minimum Gasteiger partial charge on any atom is -0.326 e. The van der Waals surface area contributed by atoms with E-state index in [4.69, 9.17) is 14.4 Å². The average Bonchev–Trinajstić information content (AvgIpc) is 1.33. The molecular formula is C2H8NaO3P. The van der Waals surface area contributed by atoms with Crippen LogP contribution in [-0.4, -0.2) is 37.7 Å². The number of hydrogen-bond donors (Lipinski definition) is 2. The van der Waals surface area contributed by atoms with Gasteiger partial charge in [-0.1, -0.05) is 0 Å². The largest absolute Gasteiger partial charge is 0.326 e. The van der Waals surface area contributed by atoms with Crippen LogP contribution in [0.4, 0.5) is 0 Å². The van der Waals surface area contributed by atoms with Gasteiger partial charge in [0, 0.05) is 0 Å². The summed E-state index contributed by atoms with van der Waals surface area (Å²) in [6.45, 7) is 2.19. The third-order valence-corrected chi connectivity index (χ3v) is 0. The van der Waals surface area contributed by atoms with Crippen molar-refractivity contribution < 1.29 is 14.4 Å². The number of rotatable bonds is 0. The Labute approximate surface area is 61.1 Å². The maximum absolute atomic E-state index is 8.74. The predicted molar refractivity (Wildman–Crippen MR) is 29.7 cm³/mol. The Bertz CT molecular complexity index is 44.2. The smallest absolute Gasteiger partial charge is 0.314 e. The summed E-state index contributed by atoms with van der Waals surface area (Å²) in [4.78, 5) is 14.3. The van der Waals surface area contributed by atoms with Crippen molar-refractivity contribution in [2.24, 2.45) is 0 Å². The van der Waals surface area contributed by atoms with Crippen LogP contribution in [-0.2, 0) is 4.57 Å². The van der Waals surface area contributed by atoms with Crippen LogP contribution in [0, 0.1) is 0 Å². The molecule has 0 heterocycles. The summed E-state index contributed by atoms with van der Waals surface area (Å²) in [7, 11) is -3.13. The average molecular weight is 134 g/mol. The monoisotopic (exact) mass is 134 g/mol. The van der Waals surface area contributed by atoms with Gasteiger partial charge in [-0.3, -0.25) is 4.57 Å². The first-order valence-electron chi connectivity index (χ1n) is 2.07. The van der Waals surface area contributed by atoms with Gasteiger partial charge < -0.3 is 9.79 Å². The van der Waals surface area contributed by atoms with Crippen LogP contribution in [0.2, 0.25) is 3.67 Å². The third kappa shape index (κ3) is 143. The summed E-state index contributed by atoms with van der Waals surface area (Å²) in [6, 6.07) is 0. The third-order valence-electron chi connectivity index (χ3n) is 0. The van der Waals surface area contributed by atoms with Crippen molar-refractivity contribution >= 4 is 36.2 Å². The molecule has 2 N–H and O–H groups in total. The second-order valence-corrected chi connectivity index (χ2v) is 2.97. The minimum atomic E-state index is -3.13. The molecule has 0 spiro atoms. The maximum atomic E-state index is 8.74. The van der Waals surface area contributed by atoms with Crippen LogP contribution in [0.15, 0.2) is 0 Å². The normalized spacial score (nSPS) is 7.71. The second-order valence-electron chi connectivity index (χ2n) is 0.990. The van der Waals surface area contributed by atoms with E-state index in [1.165, 1.54) is 31.6 Å². The molecule has 0 unspecified atom stereocenters. The summed E-state index contributed by atoms with van der Waals surface area (Å²) in [5.74, 6) is 0. The Morgan fingerprint density at radius 1 is 1.71 bits per heavy atom. The quantitative estimate of drug-likeness (QED) is 0.361. The van der Waals surface area contributed by atoms with Crippen molar-refractivity contribution in [3.63, 3.8) is 0 Å². The Balaban J connectivity index is 0. The van der Waals surface area contributed by atoms with Crippen molar-refractivity contribution in [1.82, 2.24) is 0 Å². The molecule has 3 nitrogen and oxygen atoms in total. The van der Waals surface area contributed by atoms with Crippen molar-refractivity contribution in [1.29, 1.82) is 0 Å². The van der Waals surface area contributed by atoms with E-state index in [0.717, 1.165) is 0 Å².